The van der Waals surface area contributed by atoms with E-state index >= 15 is 0 Å². The maximum absolute atomic E-state index is 12.1. The van der Waals surface area contributed by atoms with E-state index in [0.29, 0.717) is 15.2 Å². The number of nitrogens with one attached hydrogen (secondary N) is 1. The summed E-state index contributed by atoms with van der Waals surface area (Å²) in [4.78, 5) is 16.5. The smallest absolute Gasteiger partial charge is 0.236 e. The fourth-order valence-corrected chi connectivity index (χ4v) is 5.59. The molecule has 0 atom stereocenters. The Labute approximate surface area is 176 Å². The van der Waals surface area contributed by atoms with Crippen LogP contribution >= 0.6 is 69.4 Å². The number of carbonyl (C=O) groups excluding carboxylic acids is 1. The molecular formula is C15H12Cl2N4OS4. The Bertz CT molecular complexity index is 915. The van der Waals surface area contributed by atoms with Gasteiger partial charge in [0.25, 0.3) is 0 Å². The average Bonchev–Trinajstić information content (AvgIpc) is 3.25. The molecule has 2 aromatic heterocycles. The minimum absolute atomic E-state index is 0.134. The molecule has 0 saturated heterocycles. The molecule has 1 N–H and O–H groups in total. The topological polar surface area (TPSA) is 67.8 Å². The first-order chi connectivity index (χ1) is 12.5. The van der Waals surface area contributed by atoms with Crippen LogP contribution in [0.25, 0.3) is 11.3 Å². The number of thioether (sulfide) groups is 2. The molecule has 0 aliphatic carbocycles. The number of aromatic nitrogens is 3. The van der Waals surface area contributed by atoms with E-state index < -0.39 is 0 Å². The van der Waals surface area contributed by atoms with Gasteiger partial charge in [-0.1, -0.05) is 71.1 Å². The van der Waals surface area contributed by atoms with E-state index in [4.69, 9.17) is 23.2 Å². The molecule has 0 aliphatic rings. The van der Waals surface area contributed by atoms with Crippen LogP contribution in [0.5, 0.6) is 0 Å². The average molecular weight is 463 g/mol. The highest BCUT2D eigenvalue weighted by molar-refractivity contribution is 8.03. The SMILES string of the molecule is CCSc1nnc(SCC(=O)Nc2nc(-c3ccc(Cl)c(Cl)c3)cs2)s1. The second-order valence-electron chi connectivity index (χ2n) is 4.77. The van der Waals surface area contributed by atoms with Crippen LogP contribution in [0, 0.1) is 0 Å². The lowest BCUT2D eigenvalue weighted by Crippen LogP contribution is -2.13. The molecule has 0 fully saturated rings. The van der Waals surface area contributed by atoms with Gasteiger partial charge in [-0.05, 0) is 17.9 Å². The van der Waals surface area contributed by atoms with Crippen molar-refractivity contribution < 1.29 is 4.79 Å². The summed E-state index contributed by atoms with van der Waals surface area (Å²) in [6, 6.07) is 5.31. The van der Waals surface area contributed by atoms with Crippen molar-refractivity contribution in [3.63, 3.8) is 0 Å². The van der Waals surface area contributed by atoms with E-state index in [2.05, 4.69) is 27.4 Å². The number of anilines is 1. The molecule has 11 heteroatoms. The van der Waals surface area contributed by atoms with Crippen LogP contribution in [-0.2, 0) is 4.79 Å². The third-order valence-electron chi connectivity index (χ3n) is 2.95. The Morgan fingerprint density at radius 3 is 2.69 bits per heavy atom. The van der Waals surface area contributed by atoms with E-state index in [9.17, 15) is 4.79 Å². The van der Waals surface area contributed by atoms with Gasteiger partial charge in [0.15, 0.2) is 13.8 Å². The van der Waals surface area contributed by atoms with Gasteiger partial charge >= 0.3 is 0 Å². The van der Waals surface area contributed by atoms with Gasteiger partial charge in [-0.2, -0.15) is 0 Å². The molecule has 3 rings (SSSR count). The van der Waals surface area contributed by atoms with Gasteiger partial charge in [0.05, 0.1) is 21.5 Å². The number of benzene rings is 1. The highest BCUT2D eigenvalue weighted by atomic mass is 35.5. The zero-order chi connectivity index (χ0) is 18.5. The number of rotatable bonds is 7. The van der Waals surface area contributed by atoms with Gasteiger partial charge in [0, 0.05) is 10.9 Å². The quantitative estimate of drug-likeness (QED) is 0.446. The first-order valence-corrected chi connectivity index (χ1v) is 11.8. The maximum atomic E-state index is 12.1. The summed E-state index contributed by atoms with van der Waals surface area (Å²) >= 11 is 17.8. The fraction of sp³-hybridized carbons (Fsp3) is 0.200. The van der Waals surface area contributed by atoms with Crippen LogP contribution < -0.4 is 5.32 Å². The predicted molar refractivity (Wildman–Crippen MR) is 113 cm³/mol. The first kappa shape index (κ1) is 19.9. The van der Waals surface area contributed by atoms with E-state index in [1.807, 2.05) is 11.4 Å². The molecule has 0 spiro atoms. The maximum Gasteiger partial charge on any atom is 0.236 e. The first-order valence-electron chi connectivity index (χ1n) is 7.35. The number of carbonyl (C=O) groups is 1. The molecule has 0 unspecified atom stereocenters. The monoisotopic (exact) mass is 462 g/mol. The molecular weight excluding hydrogens is 451 g/mol. The summed E-state index contributed by atoms with van der Waals surface area (Å²) in [5.74, 6) is 1.07. The minimum atomic E-state index is -0.134. The molecule has 1 aromatic carbocycles. The van der Waals surface area contributed by atoms with Gasteiger partial charge in [0.2, 0.25) is 5.91 Å². The molecule has 5 nitrogen and oxygen atoms in total. The van der Waals surface area contributed by atoms with Gasteiger partial charge in [0.1, 0.15) is 0 Å². The van der Waals surface area contributed by atoms with Crippen LogP contribution in [0.1, 0.15) is 6.92 Å². The van der Waals surface area contributed by atoms with Crippen molar-refractivity contribution in [1.82, 2.24) is 15.2 Å². The lowest BCUT2D eigenvalue weighted by molar-refractivity contribution is -0.113. The zero-order valence-electron chi connectivity index (χ0n) is 13.4. The van der Waals surface area contributed by atoms with Crippen molar-refractivity contribution in [2.75, 3.05) is 16.8 Å². The normalized spacial score (nSPS) is 10.9. The highest BCUT2D eigenvalue weighted by Crippen LogP contribution is 2.31. The standard InChI is InChI=1S/C15H12Cl2N4OS4/c1-2-23-14-20-21-15(26-14)25-7-12(22)19-13-18-11(6-24-13)8-3-4-9(16)10(17)5-8/h3-6H,2,7H2,1H3,(H,18,19,22). The summed E-state index contributed by atoms with van der Waals surface area (Å²) in [5.41, 5.74) is 1.59. The van der Waals surface area contributed by atoms with Crippen molar-refractivity contribution >= 4 is 80.4 Å². The van der Waals surface area contributed by atoms with E-state index in [0.717, 1.165) is 25.7 Å². The lowest BCUT2D eigenvalue weighted by atomic mass is 10.2. The Morgan fingerprint density at radius 1 is 1.19 bits per heavy atom. The lowest BCUT2D eigenvalue weighted by Gasteiger charge is -2.01. The van der Waals surface area contributed by atoms with E-state index in [-0.39, 0.29) is 11.7 Å². The molecule has 0 aliphatic heterocycles. The van der Waals surface area contributed by atoms with Crippen molar-refractivity contribution in [3.8, 4) is 11.3 Å². The zero-order valence-corrected chi connectivity index (χ0v) is 18.1. The second kappa shape index (κ2) is 9.38. The molecule has 2 heterocycles. The Kier molecular flexibility index (Phi) is 7.19. The summed E-state index contributed by atoms with van der Waals surface area (Å²) in [5, 5.41) is 14.3. The van der Waals surface area contributed by atoms with Crippen LogP contribution in [-0.4, -0.2) is 32.6 Å². The van der Waals surface area contributed by atoms with Crippen LogP contribution in [0.3, 0.4) is 0 Å². The predicted octanol–water partition coefficient (Wildman–Crippen LogP) is 5.81. The number of hydrogen-bond donors (Lipinski definition) is 1. The Hall–Kier alpha value is -0.840. The molecule has 26 heavy (non-hydrogen) atoms. The fourth-order valence-electron chi connectivity index (χ4n) is 1.84. The van der Waals surface area contributed by atoms with Crippen molar-refractivity contribution in [2.45, 2.75) is 15.6 Å². The highest BCUT2D eigenvalue weighted by Gasteiger charge is 2.11. The summed E-state index contributed by atoms with van der Waals surface area (Å²) < 4.78 is 1.70. The van der Waals surface area contributed by atoms with Gasteiger partial charge in [-0.25, -0.2) is 4.98 Å². The van der Waals surface area contributed by atoms with Crippen molar-refractivity contribution in [1.29, 1.82) is 0 Å². The van der Waals surface area contributed by atoms with Gasteiger partial charge in [-0.15, -0.1) is 21.5 Å². The molecule has 0 bridgehead atoms. The molecule has 0 radical (unpaired) electrons. The van der Waals surface area contributed by atoms with Gasteiger partial charge in [-0.3, -0.25) is 4.79 Å². The van der Waals surface area contributed by atoms with Crippen LogP contribution in [0.15, 0.2) is 32.3 Å². The number of amides is 1. The largest absolute Gasteiger partial charge is 0.301 e. The van der Waals surface area contributed by atoms with E-state index in [1.165, 1.54) is 34.4 Å². The van der Waals surface area contributed by atoms with Crippen molar-refractivity contribution in [2.24, 2.45) is 0 Å². The minimum Gasteiger partial charge on any atom is -0.301 e. The number of nitrogens with zero attached hydrogens (tertiary/aromatic N) is 3. The molecule has 1 amide bonds. The molecule has 136 valence electrons. The van der Waals surface area contributed by atoms with E-state index in [1.54, 1.807) is 23.9 Å². The Morgan fingerprint density at radius 2 is 1.96 bits per heavy atom. The number of thiazole rings is 1. The summed E-state index contributed by atoms with van der Waals surface area (Å²) in [6.45, 7) is 2.06. The molecule has 0 saturated carbocycles. The number of halogens is 2. The summed E-state index contributed by atoms with van der Waals surface area (Å²) in [6.07, 6.45) is 0. The van der Waals surface area contributed by atoms with Crippen molar-refractivity contribution in [3.05, 3.63) is 33.6 Å². The number of hydrogen-bond acceptors (Lipinski definition) is 8. The second-order valence-corrected chi connectivity index (χ2v) is 10.2. The molecule has 3 aromatic rings. The van der Waals surface area contributed by atoms with Crippen LogP contribution in [0.4, 0.5) is 5.13 Å². The van der Waals surface area contributed by atoms with Crippen LogP contribution in [0.2, 0.25) is 10.0 Å². The third-order valence-corrected chi connectivity index (χ3v) is 7.52. The Balaban J connectivity index is 1.56. The van der Waals surface area contributed by atoms with Gasteiger partial charge < -0.3 is 5.32 Å². The third kappa shape index (κ3) is 5.34. The summed E-state index contributed by atoms with van der Waals surface area (Å²) in [7, 11) is 0.